The van der Waals surface area contributed by atoms with Crippen molar-refractivity contribution in [2.75, 3.05) is 14.1 Å². The topological polar surface area (TPSA) is 21.1 Å². The van der Waals surface area contributed by atoms with Gasteiger partial charge >= 0.3 is 0 Å². The van der Waals surface area contributed by atoms with Crippen LogP contribution in [-0.4, -0.2) is 34.6 Å². The summed E-state index contributed by atoms with van der Waals surface area (Å²) in [6.07, 6.45) is 8.61. The third kappa shape index (κ3) is 1.35. The van der Waals surface area contributed by atoms with Gasteiger partial charge in [-0.3, -0.25) is 4.98 Å². The van der Waals surface area contributed by atoms with Crippen LogP contribution >= 0.6 is 0 Å². The van der Waals surface area contributed by atoms with Gasteiger partial charge in [0.15, 0.2) is 0 Å². The molecule has 0 amide bonds. The molecule has 3 nitrogen and oxygen atoms in total. The second-order valence-corrected chi connectivity index (χ2v) is 4.83. The molecule has 0 saturated heterocycles. The highest BCUT2D eigenvalue weighted by Crippen LogP contribution is 2.37. The van der Waals surface area contributed by atoms with Crippen LogP contribution in [0.25, 0.3) is 10.9 Å². The standard InChI is InChI=1S/C13H17N3/c1-15(2)11-3-4-12(11)16-8-6-10-5-7-14-9-13(10)16/h5-9,11-12H,3-4H2,1-2H3. The molecule has 0 N–H and O–H groups in total. The highest BCUT2D eigenvalue weighted by atomic mass is 15.2. The molecule has 0 radical (unpaired) electrons. The van der Waals surface area contributed by atoms with Gasteiger partial charge in [0.05, 0.1) is 11.7 Å². The Kier molecular flexibility index (Phi) is 2.21. The van der Waals surface area contributed by atoms with Crippen LogP contribution < -0.4 is 0 Å². The lowest BCUT2D eigenvalue weighted by molar-refractivity contribution is 0.116. The molecule has 2 atom stereocenters. The minimum atomic E-state index is 0.622. The largest absolute Gasteiger partial charge is 0.342 e. The van der Waals surface area contributed by atoms with Gasteiger partial charge in [-0.15, -0.1) is 0 Å². The van der Waals surface area contributed by atoms with Gasteiger partial charge in [-0.25, -0.2) is 0 Å². The molecule has 0 bridgehead atoms. The van der Waals surface area contributed by atoms with Crippen LogP contribution in [0.5, 0.6) is 0 Å². The predicted octanol–water partition coefficient (Wildman–Crippen LogP) is 2.30. The van der Waals surface area contributed by atoms with Gasteiger partial charge in [0.2, 0.25) is 0 Å². The second-order valence-electron chi connectivity index (χ2n) is 4.83. The highest BCUT2D eigenvalue weighted by molar-refractivity contribution is 5.79. The van der Waals surface area contributed by atoms with E-state index in [1.165, 1.54) is 23.7 Å². The Balaban J connectivity index is 2.00. The summed E-state index contributed by atoms with van der Waals surface area (Å²) in [4.78, 5) is 6.55. The number of pyridine rings is 1. The van der Waals surface area contributed by atoms with Gasteiger partial charge in [-0.05, 0) is 39.1 Å². The van der Waals surface area contributed by atoms with Gasteiger partial charge in [-0.1, -0.05) is 0 Å². The molecule has 1 fully saturated rings. The monoisotopic (exact) mass is 215 g/mol. The fraction of sp³-hybridized carbons (Fsp3) is 0.462. The molecule has 2 aromatic rings. The van der Waals surface area contributed by atoms with E-state index in [4.69, 9.17) is 0 Å². The summed E-state index contributed by atoms with van der Waals surface area (Å²) < 4.78 is 2.39. The van der Waals surface area contributed by atoms with Crippen LogP contribution in [0, 0.1) is 0 Å². The maximum Gasteiger partial charge on any atom is 0.0669 e. The molecule has 0 spiro atoms. The Morgan fingerprint density at radius 1 is 1.31 bits per heavy atom. The third-order valence-corrected chi connectivity index (χ3v) is 3.75. The lowest BCUT2D eigenvalue weighted by Gasteiger charge is -2.42. The normalized spacial score (nSPS) is 24.9. The van der Waals surface area contributed by atoms with E-state index in [1.54, 1.807) is 0 Å². The molecular formula is C13H17N3. The first kappa shape index (κ1) is 9.85. The Hall–Kier alpha value is -1.35. The Bertz CT molecular complexity index is 501. The molecule has 2 aromatic heterocycles. The zero-order chi connectivity index (χ0) is 11.1. The number of fused-ring (bicyclic) bond motifs is 1. The van der Waals surface area contributed by atoms with Gasteiger partial charge in [0.25, 0.3) is 0 Å². The molecule has 0 aliphatic heterocycles. The predicted molar refractivity (Wildman–Crippen MR) is 65.5 cm³/mol. The van der Waals surface area contributed by atoms with Crippen molar-refractivity contribution in [1.29, 1.82) is 0 Å². The Labute approximate surface area is 95.7 Å². The summed E-state index contributed by atoms with van der Waals surface area (Å²) >= 11 is 0. The SMILES string of the molecule is CN(C)C1CCC1n1ccc2ccncc21. The lowest BCUT2D eigenvalue weighted by Crippen LogP contribution is -2.43. The zero-order valence-corrected chi connectivity index (χ0v) is 9.80. The average molecular weight is 215 g/mol. The molecule has 1 aliphatic carbocycles. The number of rotatable bonds is 2. The first-order chi connectivity index (χ1) is 7.77. The van der Waals surface area contributed by atoms with Crippen molar-refractivity contribution in [2.24, 2.45) is 0 Å². The summed E-state index contributed by atoms with van der Waals surface area (Å²) in [7, 11) is 4.33. The van der Waals surface area contributed by atoms with Crippen molar-refractivity contribution in [3.63, 3.8) is 0 Å². The van der Waals surface area contributed by atoms with Gasteiger partial charge in [0, 0.05) is 29.9 Å². The summed E-state index contributed by atoms with van der Waals surface area (Å²) in [5.41, 5.74) is 1.26. The van der Waals surface area contributed by atoms with Crippen molar-refractivity contribution < 1.29 is 0 Å². The minimum absolute atomic E-state index is 0.622. The van der Waals surface area contributed by atoms with E-state index in [-0.39, 0.29) is 0 Å². The van der Waals surface area contributed by atoms with Crippen molar-refractivity contribution in [2.45, 2.75) is 24.9 Å². The van der Waals surface area contributed by atoms with Crippen LogP contribution in [0.2, 0.25) is 0 Å². The maximum atomic E-state index is 4.22. The molecule has 1 aliphatic rings. The van der Waals surface area contributed by atoms with Gasteiger partial charge < -0.3 is 9.47 Å². The van der Waals surface area contributed by atoms with Crippen LogP contribution in [0.1, 0.15) is 18.9 Å². The first-order valence-corrected chi connectivity index (χ1v) is 5.84. The van der Waals surface area contributed by atoms with E-state index < -0.39 is 0 Å². The van der Waals surface area contributed by atoms with Crippen molar-refractivity contribution in [1.82, 2.24) is 14.5 Å². The Morgan fingerprint density at radius 3 is 2.88 bits per heavy atom. The summed E-state index contributed by atoms with van der Waals surface area (Å²) in [5, 5.41) is 1.29. The lowest BCUT2D eigenvalue weighted by atomic mass is 9.85. The number of aromatic nitrogens is 2. The molecule has 1 saturated carbocycles. The summed E-state index contributed by atoms with van der Waals surface area (Å²) in [5.74, 6) is 0. The maximum absolute atomic E-state index is 4.22. The van der Waals surface area contributed by atoms with E-state index in [2.05, 4.69) is 46.9 Å². The molecule has 84 valence electrons. The fourth-order valence-corrected chi connectivity index (χ4v) is 2.68. The quantitative estimate of drug-likeness (QED) is 0.766. The van der Waals surface area contributed by atoms with E-state index in [0.29, 0.717) is 12.1 Å². The summed E-state index contributed by atoms with van der Waals surface area (Å²) in [6.45, 7) is 0. The molecule has 3 rings (SSSR count). The first-order valence-electron chi connectivity index (χ1n) is 5.84. The van der Waals surface area contributed by atoms with Crippen LogP contribution in [0.3, 0.4) is 0 Å². The molecule has 16 heavy (non-hydrogen) atoms. The second kappa shape index (κ2) is 3.59. The molecule has 2 unspecified atom stereocenters. The third-order valence-electron chi connectivity index (χ3n) is 3.75. The molecule has 0 aromatic carbocycles. The van der Waals surface area contributed by atoms with Crippen molar-refractivity contribution in [3.05, 3.63) is 30.7 Å². The summed E-state index contributed by atoms with van der Waals surface area (Å²) in [6, 6.07) is 5.56. The molecular weight excluding hydrogens is 198 g/mol. The number of likely N-dealkylation sites (N-methyl/N-ethyl adjacent to an activating group) is 1. The van der Waals surface area contributed by atoms with Crippen LogP contribution in [-0.2, 0) is 0 Å². The van der Waals surface area contributed by atoms with Gasteiger partial charge in [0.1, 0.15) is 0 Å². The van der Waals surface area contributed by atoms with Crippen molar-refractivity contribution >= 4 is 10.9 Å². The van der Waals surface area contributed by atoms with E-state index in [1.807, 2.05) is 12.4 Å². The minimum Gasteiger partial charge on any atom is -0.342 e. The molecule has 2 heterocycles. The van der Waals surface area contributed by atoms with E-state index in [0.717, 1.165) is 0 Å². The van der Waals surface area contributed by atoms with Crippen LogP contribution in [0.4, 0.5) is 0 Å². The van der Waals surface area contributed by atoms with E-state index >= 15 is 0 Å². The van der Waals surface area contributed by atoms with E-state index in [9.17, 15) is 0 Å². The van der Waals surface area contributed by atoms with Crippen molar-refractivity contribution in [3.8, 4) is 0 Å². The smallest absolute Gasteiger partial charge is 0.0669 e. The zero-order valence-electron chi connectivity index (χ0n) is 9.80. The van der Waals surface area contributed by atoms with Gasteiger partial charge in [-0.2, -0.15) is 0 Å². The van der Waals surface area contributed by atoms with Crippen LogP contribution in [0.15, 0.2) is 30.7 Å². The highest BCUT2D eigenvalue weighted by Gasteiger charge is 2.34. The molecule has 3 heteroatoms. The fourth-order valence-electron chi connectivity index (χ4n) is 2.68. The number of nitrogens with zero attached hydrogens (tertiary/aromatic N) is 3. The number of hydrogen-bond acceptors (Lipinski definition) is 2. The number of hydrogen-bond donors (Lipinski definition) is 0. The average Bonchev–Trinajstić information content (AvgIpc) is 2.60. The Morgan fingerprint density at radius 2 is 2.19 bits per heavy atom.